The number of carbonyl (C=O) groups is 2. The van der Waals surface area contributed by atoms with Crippen molar-refractivity contribution in [1.82, 2.24) is 0 Å². The maximum absolute atomic E-state index is 12.7. The van der Waals surface area contributed by atoms with E-state index in [1.165, 1.54) is 36.6 Å². The number of nitrogens with zero attached hydrogens (tertiary/aromatic N) is 1. The highest BCUT2D eigenvalue weighted by molar-refractivity contribution is 6.51. The second-order valence-corrected chi connectivity index (χ2v) is 5.62. The smallest absolute Gasteiger partial charge is 0.336 e. The van der Waals surface area contributed by atoms with Crippen LogP contribution in [-0.4, -0.2) is 22.6 Å². The summed E-state index contributed by atoms with van der Waals surface area (Å²) in [6.07, 6.45) is 4.18. The maximum atomic E-state index is 12.7. The van der Waals surface area contributed by atoms with Crippen LogP contribution in [0.4, 0.5) is 0 Å². The Morgan fingerprint density at radius 2 is 1.89 bits per heavy atom. The van der Waals surface area contributed by atoms with Crippen LogP contribution in [0, 0.1) is 0 Å². The third-order valence-corrected chi connectivity index (χ3v) is 3.75. The highest BCUT2D eigenvalue weighted by Gasteiger charge is 2.19. The molecule has 1 aromatic heterocycles. The van der Waals surface area contributed by atoms with E-state index in [4.69, 9.17) is 15.0 Å². The van der Waals surface area contributed by atoms with Crippen LogP contribution in [0.1, 0.15) is 21.7 Å². The minimum atomic E-state index is -0.619. The predicted molar refractivity (Wildman–Crippen MR) is 103 cm³/mol. The molecule has 0 atom stereocenters. The van der Waals surface area contributed by atoms with Crippen molar-refractivity contribution in [3.63, 3.8) is 0 Å². The second kappa shape index (κ2) is 8.50. The average molecular weight is 376 g/mol. The van der Waals surface area contributed by atoms with Gasteiger partial charge in [-0.15, -0.1) is 0 Å². The van der Waals surface area contributed by atoms with E-state index < -0.39 is 11.8 Å². The van der Waals surface area contributed by atoms with Crippen LogP contribution in [0.15, 0.2) is 82.5 Å². The van der Waals surface area contributed by atoms with Gasteiger partial charge in [0.05, 0.1) is 11.8 Å². The highest BCUT2D eigenvalue weighted by Crippen LogP contribution is 2.21. The molecule has 0 saturated heterocycles. The van der Waals surface area contributed by atoms with Gasteiger partial charge in [-0.05, 0) is 42.5 Å². The van der Waals surface area contributed by atoms with E-state index in [0.29, 0.717) is 11.3 Å². The zero-order valence-electron chi connectivity index (χ0n) is 14.6. The lowest BCUT2D eigenvalue weighted by atomic mass is 10.00. The molecule has 3 aromatic rings. The van der Waals surface area contributed by atoms with Gasteiger partial charge in [0, 0.05) is 11.6 Å². The van der Waals surface area contributed by atoms with Crippen molar-refractivity contribution in [3.05, 3.63) is 89.9 Å². The average Bonchev–Trinajstić information content (AvgIpc) is 3.21. The van der Waals surface area contributed by atoms with Crippen molar-refractivity contribution >= 4 is 23.5 Å². The van der Waals surface area contributed by atoms with E-state index in [2.05, 4.69) is 5.10 Å². The number of hydrogen-bond donors (Lipinski definition) is 2. The standard InChI is InChI=1S/C21H16N2O5/c22-23-20(21(26)17-8-1-2-9-18(17)24)14-5-3-6-16(13-14)28-19(25)11-10-15-7-4-12-27-15/h1-13,24H,22H2/b11-10+,23-20+. The van der Waals surface area contributed by atoms with Crippen LogP contribution in [0.2, 0.25) is 0 Å². The SMILES string of the molecule is N/N=C(/C(=O)c1ccccc1O)c1cccc(OC(=O)/C=C/c2ccco2)c1. The number of aromatic hydroxyl groups is 1. The first-order valence-electron chi connectivity index (χ1n) is 8.23. The van der Waals surface area contributed by atoms with E-state index in [0.717, 1.165) is 0 Å². The van der Waals surface area contributed by atoms with Gasteiger partial charge >= 0.3 is 5.97 Å². The number of esters is 1. The fourth-order valence-corrected chi connectivity index (χ4v) is 2.45. The van der Waals surface area contributed by atoms with Crippen LogP contribution in [0.25, 0.3) is 6.08 Å². The summed E-state index contributed by atoms with van der Waals surface area (Å²) < 4.78 is 10.3. The summed E-state index contributed by atoms with van der Waals surface area (Å²) >= 11 is 0. The zero-order valence-corrected chi connectivity index (χ0v) is 14.6. The number of hydrogen-bond acceptors (Lipinski definition) is 7. The van der Waals surface area contributed by atoms with Gasteiger partial charge in [-0.1, -0.05) is 24.3 Å². The Hall–Kier alpha value is -4.13. The fraction of sp³-hybridized carbons (Fsp3) is 0. The molecule has 7 heteroatoms. The summed E-state index contributed by atoms with van der Waals surface area (Å²) in [7, 11) is 0. The van der Waals surface area contributed by atoms with Crippen LogP contribution in [0.5, 0.6) is 11.5 Å². The van der Waals surface area contributed by atoms with Crippen molar-refractivity contribution in [3.8, 4) is 11.5 Å². The molecule has 140 valence electrons. The van der Waals surface area contributed by atoms with E-state index in [-0.39, 0.29) is 22.8 Å². The first kappa shape index (κ1) is 18.7. The number of phenolic OH excluding ortho intramolecular Hbond substituents is 1. The molecule has 1 heterocycles. The largest absolute Gasteiger partial charge is 0.507 e. The zero-order chi connectivity index (χ0) is 19.9. The van der Waals surface area contributed by atoms with E-state index in [1.807, 2.05) is 0 Å². The molecule has 3 N–H and O–H groups in total. The predicted octanol–water partition coefficient (Wildman–Crippen LogP) is 3.15. The number of phenols is 1. The molecule has 0 unspecified atom stereocenters. The van der Waals surface area contributed by atoms with Crippen molar-refractivity contribution < 1.29 is 23.8 Å². The summed E-state index contributed by atoms with van der Waals surface area (Å²) in [6.45, 7) is 0. The second-order valence-electron chi connectivity index (χ2n) is 5.62. The van der Waals surface area contributed by atoms with Crippen LogP contribution >= 0.6 is 0 Å². The normalized spacial score (nSPS) is 11.5. The molecule has 0 amide bonds. The molecule has 7 nitrogen and oxygen atoms in total. The number of rotatable bonds is 6. The van der Waals surface area contributed by atoms with Gasteiger partial charge in [-0.3, -0.25) is 4.79 Å². The monoisotopic (exact) mass is 376 g/mol. The molecule has 0 radical (unpaired) electrons. The molecule has 0 fully saturated rings. The minimum Gasteiger partial charge on any atom is -0.507 e. The number of benzene rings is 2. The number of carbonyl (C=O) groups excluding carboxylic acids is 2. The summed E-state index contributed by atoms with van der Waals surface area (Å²) in [5, 5.41) is 13.4. The van der Waals surface area contributed by atoms with Crippen LogP contribution < -0.4 is 10.6 Å². The molecular formula is C21H16N2O5. The Morgan fingerprint density at radius 1 is 1.07 bits per heavy atom. The fourth-order valence-electron chi connectivity index (χ4n) is 2.45. The number of para-hydroxylation sites is 1. The topological polar surface area (TPSA) is 115 Å². The lowest BCUT2D eigenvalue weighted by Gasteiger charge is -2.08. The molecule has 0 bridgehead atoms. The van der Waals surface area contributed by atoms with E-state index in [1.54, 1.807) is 42.5 Å². The number of ether oxygens (including phenoxy) is 1. The molecule has 2 aromatic carbocycles. The molecular weight excluding hydrogens is 360 g/mol. The van der Waals surface area contributed by atoms with Gasteiger partial charge in [-0.2, -0.15) is 5.10 Å². The molecule has 0 spiro atoms. The number of Topliss-reactive ketones (excluding diaryl/α,β-unsaturated/α-hetero) is 1. The summed E-state index contributed by atoms with van der Waals surface area (Å²) in [4.78, 5) is 24.6. The Labute approximate surface area is 160 Å². The Balaban J connectivity index is 1.79. The molecule has 0 aliphatic rings. The molecule has 0 aliphatic carbocycles. The summed E-state index contributed by atoms with van der Waals surface area (Å²) in [5.74, 6) is 4.77. The molecule has 3 rings (SSSR count). The van der Waals surface area contributed by atoms with Gasteiger partial charge in [0.15, 0.2) is 0 Å². The van der Waals surface area contributed by atoms with Crippen molar-refractivity contribution in [2.75, 3.05) is 0 Å². The quantitative estimate of drug-likeness (QED) is 0.130. The first-order valence-corrected chi connectivity index (χ1v) is 8.23. The Morgan fingerprint density at radius 3 is 2.61 bits per heavy atom. The summed E-state index contributed by atoms with van der Waals surface area (Å²) in [5.41, 5.74) is 0.331. The Bertz CT molecular complexity index is 1050. The lowest BCUT2D eigenvalue weighted by molar-refractivity contribution is -0.128. The summed E-state index contributed by atoms with van der Waals surface area (Å²) in [6, 6.07) is 15.7. The van der Waals surface area contributed by atoms with Crippen LogP contribution in [0.3, 0.4) is 0 Å². The number of nitrogens with two attached hydrogens (primary N) is 1. The van der Waals surface area contributed by atoms with Gasteiger partial charge in [0.25, 0.3) is 0 Å². The van der Waals surface area contributed by atoms with Gasteiger partial charge in [0.2, 0.25) is 5.78 Å². The van der Waals surface area contributed by atoms with E-state index >= 15 is 0 Å². The highest BCUT2D eigenvalue weighted by atomic mass is 16.5. The van der Waals surface area contributed by atoms with Crippen LogP contribution in [-0.2, 0) is 4.79 Å². The van der Waals surface area contributed by atoms with Gasteiger partial charge in [-0.25, -0.2) is 4.79 Å². The lowest BCUT2D eigenvalue weighted by Crippen LogP contribution is -2.18. The first-order chi connectivity index (χ1) is 13.6. The number of ketones is 1. The number of hydrazone groups is 1. The molecule has 0 aliphatic heterocycles. The third-order valence-electron chi connectivity index (χ3n) is 3.75. The van der Waals surface area contributed by atoms with Gasteiger partial charge < -0.3 is 20.1 Å². The van der Waals surface area contributed by atoms with Crippen molar-refractivity contribution in [1.29, 1.82) is 0 Å². The molecule has 0 saturated carbocycles. The van der Waals surface area contributed by atoms with Gasteiger partial charge in [0.1, 0.15) is 23.0 Å². The van der Waals surface area contributed by atoms with E-state index in [9.17, 15) is 14.7 Å². The minimum absolute atomic E-state index is 0.0653. The molecule has 28 heavy (non-hydrogen) atoms. The van der Waals surface area contributed by atoms with Crippen molar-refractivity contribution in [2.24, 2.45) is 10.9 Å². The maximum Gasteiger partial charge on any atom is 0.336 e. The Kier molecular flexibility index (Phi) is 5.66. The number of furan rings is 1. The third kappa shape index (κ3) is 4.34. The van der Waals surface area contributed by atoms with Crippen molar-refractivity contribution in [2.45, 2.75) is 0 Å².